The molecule has 2 aliphatic rings. The molecule has 0 amide bonds. The van der Waals surface area contributed by atoms with Gasteiger partial charge in [-0.3, -0.25) is 0 Å². The molecule has 0 unspecified atom stereocenters. The van der Waals surface area contributed by atoms with Crippen molar-refractivity contribution in [2.75, 3.05) is 18.8 Å². The van der Waals surface area contributed by atoms with Crippen molar-refractivity contribution in [1.82, 2.24) is 4.31 Å². The van der Waals surface area contributed by atoms with Crippen molar-refractivity contribution in [1.29, 1.82) is 0 Å². The Morgan fingerprint density at radius 2 is 1.92 bits per heavy atom. The molecule has 1 spiro atoms. The fraction of sp³-hybridized carbons (Fsp3) is 1.00. The topological polar surface area (TPSA) is 37.4 Å². The van der Waals surface area contributed by atoms with Gasteiger partial charge in [0.2, 0.25) is 10.0 Å². The highest BCUT2D eigenvalue weighted by Gasteiger charge is 2.53. The summed E-state index contributed by atoms with van der Waals surface area (Å²) in [5, 5.41) is 0. The molecule has 0 aromatic heterocycles. The van der Waals surface area contributed by atoms with Crippen LogP contribution < -0.4 is 0 Å². The zero-order chi connectivity index (χ0) is 9.69. The summed E-state index contributed by atoms with van der Waals surface area (Å²) in [4.78, 5) is 0. The van der Waals surface area contributed by atoms with E-state index in [2.05, 4.69) is 6.92 Å². The van der Waals surface area contributed by atoms with Gasteiger partial charge in [-0.25, -0.2) is 12.7 Å². The van der Waals surface area contributed by atoms with Crippen LogP contribution in [0.3, 0.4) is 0 Å². The molecule has 3 nitrogen and oxygen atoms in total. The van der Waals surface area contributed by atoms with Gasteiger partial charge in [0.05, 0.1) is 5.75 Å². The third-order valence-electron chi connectivity index (χ3n) is 3.34. The molecular formula is C9H17NO2S. The summed E-state index contributed by atoms with van der Waals surface area (Å²) in [5.41, 5.74) is 0.391. The first-order valence-electron chi connectivity index (χ1n) is 4.95. The molecule has 1 saturated heterocycles. The van der Waals surface area contributed by atoms with Gasteiger partial charge in [0.1, 0.15) is 0 Å². The van der Waals surface area contributed by atoms with Crippen LogP contribution in [0.4, 0.5) is 0 Å². The Hall–Kier alpha value is -0.0900. The highest BCUT2D eigenvalue weighted by molar-refractivity contribution is 7.89. The van der Waals surface area contributed by atoms with Crippen LogP contribution in [0.25, 0.3) is 0 Å². The molecule has 4 heteroatoms. The maximum absolute atomic E-state index is 11.4. The van der Waals surface area contributed by atoms with Crippen molar-refractivity contribution in [2.24, 2.45) is 11.3 Å². The second kappa shape index (κ2) is 2.70. The third kappa shape index (κ3) is 1.40. The zero-order valence-electron chi connectivity index (χ0n) is 8.28. The molecule has 1 saturated carbocycles. The van der Waals surface area contributed by atoms with Crippen molar-refractivity contribution >= 4 is 10.0 Å². The summed E-state index contributed by atoms with van der Waals surface area (Å²) in [6.07, 6.45) is 2.45. The van der Waals surface area contributed by atoms with E-state index in [1.807, 2.05) is 0 Å². The van der Waals surface area contributed by atoms with Gasteiger partial charge < -0.3 is 0 Å². The molecule has 2 fully saturated rings. The van der Waals surface area contributed by atoms with E-state index in [1.165, 1.54) is 12.8 Å². The summed E-state index contributed by atoms with van der Waals surface area (Å²) < 4.78 is 24.5. The average molecular weight is 203 g/mol. The number of rotatable bonds is 2. The maximum atomic E-state index is 11.4. The molecule has 0 aromatic carbocycles. The Labute approximate surface area is 80.2 Å². The lowest BCUT2D eigenvalue weighted by atomic mass is 9.59. The van der Waals surface area contributed by atoms with Crippen molar-refractivity contribution in [2.45, 2.75) is 26.7 Å². The molecule has 0 N–H and O–H groups in total. The molecule has 1 heterocycles. The van der Waals surface area contributed by atoms with Crippen LogP contribution in [0, 0.1) is 11.3 Å². The van der Waals surface area contributed by atoms with Gasteiger partial charge in [-0.05, 0) is 31.1 Å². The van der Waals surface area contributed by atoms with Crippen LogP contribution in [0.2, 0.25) is 0 Å². The SMILES string of the molecule is CCS(=O)(=O)N1CC2(CC(C)C2)C1. The summed E-state index contributed by atoms with van der Waals surface area (Å²) in [6.45, 7) is 5.52. The molecule has 13 heavy (non-hydrogen) atoms. The Balaban J connectivity index is 1.92. The van der Waals surface area contributed by atoms with Crippen molar-refractivity contribution < 1.29 is 8.42 Å². The van der Waals surface area contributed by atoms with E-state index in [1.54, 1.807) is 11.2 Å². The van der Waals surface area contributed by atoms with Gasteiger partial charge in [-0.1, -0.05) is 6.92 Å². The van der Waals surface area contributed by atoms with Crippen LogP contribution in [0.15, 0.2) is 0 Å². The van der Waals surface area contributed by atoms with Crippen molar-refractivity contribution in [3.8, 4) is 0 Å². The van der Waals surface area contributed by atoms with E-state index in [9.17, 15) is 8.42 Å². The minimum atomic E-state index is -2.89. The van der Waals surface area contributed by atoms with Crippen LogP contribution in [0.1, 0.15) is 26.7 Å². The molecule has 0 atom stereocenters. The molecule has 0 bridgehead atoms. The Morgan fingerprint density at radius 3 is 2.31 bits per heavy atom. The van der Waals surface area contributed by atoms with Gasteiger partial charge >= 0.3 is 0 Å². The maximum Gasteiger partial charge on any atom is 0.213 e. The summed E-state index contributed by atoms with van der Waals surface area (Å²) >= 11 is 0. The molecular weight excluding hydrogens is 186 g/mol. The van der Waals surface area contributed by atoms with Crippen molar-refractivity contribution in [3.63, 3.8) is 0 Å². The highest BCUT2D eigenvalue weighted by atomic mass is 32.2. The minimum absolute atomic E-state index is 0.249. The van der Waals surface area contributed by atoms with E-state index in [-0.39, 0.29) is 5.75 Å². The van der Waals surface area contributed by atoms with Gasteiger partial charge in [0.15, 0.2) is 0 Å². The number of hydrogen-bond donors (Lipinski definition) is 0. The lowest BCUT2D eigenvalue weighted by Gasteiger charge is -2.57. The van der Waals surface area contributed by atoms with Gasteiger partial charge in [0, 0.05) is 13.1 Å². The van der Waals surface area contributed by atoms with Crippen LogP contribution in [0.5, 0.6) is 0 Å². The highest BCUT2D eigenvalue weighted by Crippen LogP contribution is 2.52. The zero-order valence-corrected chi connectivity index (χ0v) is 9.10. The van der Waals surface area contributed by atoms with E-state index in [0.717, 1.165) is 19.0 Å². The third-order valence-corrected chi connectivity index (χ3v) is 5.12. The standard InChI is InChI=1S/C9H17NO2S/c1-3-13(11,12)10-6-9(7-10)4-8(2)5-9/h8H,3-7H2,1-2H3. The predicted molar refractivity (Wildman–Crippen MR) is 51.9 cm³/mol. The monoisotopic (exact) mass is 203 g/mol. The van der Waals surface area contributed by atoms with Crippen LogP contribution in [-0.2, 0) is 10.0 Å². The normalized spacial score (nSPS) is 28.5. The molecule has 0 aromatic rings. The second-order valence-electron chi connectivity index (χ2n) is 4.68. The number of nitrogens with zero attached hydrogens (tertiary/aromatic N) is 1. The van der Waals surface area contributed by atoms with E-state index in [4.69, 9.17) is 0 Å². The molecule has 2 rings (SSSR count). The molecule has 1 aliphatic heterocycles. The summed E-state index contributed by atoms with van der Waals surface area (Å²) in [7, 11) is -2.89. The Kier molecular flexibility index (Phi) is 1.97. The largest absolute Gasteiger partial charge is 0.213 e. The lowest BCUT2D eigenvalue weighted by Crippen LogP contribution is -2.63. The fourth-order valence-electron chi connectivity index (χ4n) is 2.76. The quantitative estimate of drug-likeness (QED) is 0.673. The van der Waals surface area contributed by atoms with Crippen molar-refractivity contribution in [3.05, 3.63) is 0 Å². The number of hydrogen-bond acceptors (Lipinski definition) is 2. The van der Waals surface area contributed by atoms with E-state index in [0.29, 0.717) is 5.41 Å². The first kappa shape index (κ1) is 9.46. The minimum Gasteiger partial charge on any atom is -0.212 e. The number of sulfonamides is 1. The summed E-state index contributed by atoms with van der Waals surface area (Å²) in [6, 6.07) is 0. The Morgan fingerprint density at radius 1 is 1.38 bits per heavy atom. The second-order valence-corrected chi connectivity index (χ2v) is 6.94. The van der Waals surface area contributed by atoms with Crippen LogP contribution in [-0.4, -0.2) is 31.6 Å². The first-order chi connectivity index (χ1) is 5.97. The average Bonchev–Trinajstić information content (AvgIpc) is 1.93. The first-order valence-corrected chi connectivity index (χ1v) is 6.56. The molecule has 76 valence electrons. The summed E-state index contributed by atoms with van der Waals surface area (Å²) in [5.74, 6) is 1.06. The lowest BCUT2D eigenvalue weighted by molar-refractivity contribution is -0.0459. The molecule has 1 aliphatic carbocycles. The predicted octanol–water partition coefficient (Wildman–Crippen LogP) is 1.07. The fourth-order valence-corrected chi connectivity index (χ4v) is 4.06. The van der Waals surface area contributed by atoms with E-state index >= 15 is 0 Å². The smallest absolute Gasteiger partial charge is 0.212 e. The van der Waals surface area contributed by atoms with Crippen LogP contribution >= 0.6 is 0 Å². The Bertz CT molecular complexity index is 296. The van der Waals surface area contributed by atoms with E-state index < -0.39 is 10.0 Å². The molecule has 0 radical (unpaired) electrons. The van der Waals surface area contributed by atoms with Gasteiger partial charge in [-0.2, -0.15) is 0 Å². The van der Waals surface area contributed by atoms with Gasteiger partial charge in [0.25, 0.3) is 0 Å². The van der Waals surface area contributed by atoms with Gasteiger partial charge in [-0.15, -0.1) is 0 Å².